The van der Waals surface area contributed by atoms with Crippen molar-refractivity contribution in [2.24, 2.45) is 0 Å². The number of benzene rings is 1. The minimum atomic E-state index is -0.164. The van der Waals surface area contributed by atoms with Crippen LogP contribution in [0.15, 0.2) is 18.2 Å². The maximum atomic E-state index is 12.8. The molecular formula is C18H26ClN3O4. The van der Waals surface area contributed by atoms with E-state index in [0.29, 0.717) is 36.2 Å². The summed E-state index contributed by atoms with van der Waals surface area (Å²) < 4.78 is 16.6. The van der Waals surface area contributed by atoms with E-state index in [1.807, 2.05) is 0 Å². The fourth-order valence-electron chi connectivity index (χ4n) is 3.23. The van der Waals surface area contributed by atoms with Crippen LogP contribution in [0.2, 0.25) is 5.02 Å². The highest BCUT2D eigenvalue weighted by Crippen LogP contribution is 2.28. The summed E-state index contributed by atoms with van der Waals surface area (Å²) in [7, 11) is 1.57. The summed E-state index contributed by atoms with van der Waals surface area (Å²) in [5.41, 5.74) is 0.569. The van der Waals surface area contributed by atoms with E-state index >= 15 is 0 Å². The van der Waals surface area contributed by atoms with Gasteiger partial charge < -0.3 is 24.4 Å². The molecule has 2 amide bonds. The Morgan fingerprint density at radius 1 is 1.31 bits per heavy atom. The highest BCUT2D eigenvalue weighted by molar-refractivity contribution is 6.31. The number of rotatable bonds is 4. The van der Waals surface area contributed by atoms with Gasteiger partial charge in [0, 0.05) is 44.4 Å². The molecule has 0 aliphatic carbocycles. The molecule has 2 saturated heterocycles. The van der Waals surface area contributed by atoms with E-state index in [-0.39, 0.29) is 12.1 Å². The molecule has 1 aromatic carbocycles. The highest BCUT2D eigenvalue weighted by atomic mass is 35.5. The Bertz CT molecular complexity index is 610. The molecule has 26 heavy (non-hydrogen) atoms. The van der Waals surface area contributed by atoms with Crippen LogP contribution >= 0.6 is 11.6 Å². The molecule has 0 spiro atoms. The zero-order chi connectivity index (χ0) is 18.4. The van der Waals surface area contributed by atoms with E-state index in [2.05, 4.69) is 10.2 Å². The van der Waals surface area contributed by atoms with Gasteiger partial charge in [0.2, 0.25) is 0 Å². The Hall–Kier alpha value is -1.54. The first kappa shape index (κ1) is 19.2. The number of hydrogen-bond donors (Lipinski definition) is 1. The van der Waals surface area contributed by atoms with Gasteiger partial charge in [-0.3, -0.25) is 4.90 Å². The van der Waals surface area contributed by atoms with Crippen LogP contribution in [0.25, 0.3) is 0 Å². The van der Waals surface area contributed by atoms with E-state index < -0.39 is 0 Å². The number of ether oxygens (including phenoxy) is 3. The molecule has 8 heteroatoms. The molecule has 2 aliphatic rings. The first-order valence-corrected chi connectivity index (χ1v) is 9.34. The van der Waals surface area contributed by atoms with Crippen molar-refractivity contribution in [2.75, 3.05) is 65.0 Å². The summed E-state index contributed by atoms with van der Waals surface area (Å²) in [4.78, 5) is 16.9. The molecule has 1 N–H and O–H groups in total. The minimum absolute atomic E-state index is 0.00241. The lowest BCUT2D eigenvalue weighted by Gasteiger charge is -2.31. The molecule has 1 aromatic rings. The second-order valence-corrected chi connectivity index (χ2v) is 6.92. The summed E-state index contributed by atoms with van der Waals surface area (Å²) in [5.74, 6) is 0.582. The Morgan fingerprint density at radius 2 is 2.12 bits per heavy atom. The fourth-order valence-corrected chi connectivity index (χ4v) is 3.41. The zero-order valence-corrected chi connectivity index (χ0v) is 15.8. The Balaban J connectivity index is 1.61. The Labute approximate surface area is 159 Å². The smallest absolute Gasteiger partial charge is 0.322 e. The second-order valence-electron chi connectivity index (χ2n) is 6.48. The summed E-state index contributed by atoms with van der Waals surface area (Å²) in [6, 6.07) is 5.00. The van der Waals surface area contributed by atoms with Crippen LogP contribution in [-0.4, -0.2) is 81.6 Å². The Kier molecular flexibility index (Phi) is 6.96. The van der Waals surface area contributed by atoms with E-state index in [4.69, 9.17) is 25.8 Å². The average Bonchev–Trinajstić information content (AvgIpc) is 2.88. The lowest BCUT2D eigenvalue weighted by Crippen LogP contribution is -2.46. The quantitative estimate of drug-likeness (QED) is 0.864. The van der Waals surface area contributed by atoms with E-state index in [1.54, 1.807) is 30.2 Å². The molecule has 2 fully saturated rings. The summed E-state index contributed by atoms with van der Waals surface area (Å²) in [6.07, 6.45) is 0.822. The van der Waals surface area contributed by atoms with Crippen molar-refractivity contribution in [2.45, 2.75) is 12.5 Å². The number of urea groups is 1. The summed E-state index contributed by atoms with van der Waals surface area (Å²) in [5, 5.41) is 3.46. The molecule has 2 aliphatic heterocycles. The van der Waals surface area contributed by atoms with Crippen LogP contribution in [0.1, 0.15) is 6.42 Å². The number of methoxy groups -OCH3 is 1. The largest absolute Gasteiger partial charge is 0.495 e. The Morgan fingerprint density at radius 3 is 2.88 bits per heavy atom. The molecule has 0 bridgehead atoms. The van der Waals surface area contributed by atoms with Crippen LogP contribution in [0.4, 0.5) is 10.5 Å². The number of anilines is 1. The monoisotopic (exact) mass is 383 g/mol. The molecule has 1 unspecified atom stereocenters. The first-order chi connectivity index (χ1) is 12.7. The number of hydrogen-bond acceptors (Lipinski definition) is 5. The molecule has 0 aromatic heterocycles. The van der Waals surface area contributed by atoms with Gasteiger partial charge in [-0.1, -0.05) is 11.6 Å². The molecular weight excluding hydrogens is 358 g/mol. The number of carbonyl (C=O) groups excluding carboxylic acids is 1. The number of morpholine rings is 1. The second kappa shape index (κ2) is 9.41. The van der Waals surface area contributed by atoms with Crippen LogP contribution < -0.4 is 10.1 Å². The van der Waals surface area contributed by atoms with Gasteiger partial charge in [0.15, 0.2) is 0 Å². The maximum absolute atomic E-state index is 12.8. The van der Waals surface area contributed by atoms with Crippen molar-refractivity contribution in [3.8, 4) is 5.75 Å². The predicted molar refractivity (Wildman–Crippen MR) is 100 cm³/mol. The van der Waals surface area contributed by atoms with Gasteiger partial charge in [0.05, 0.1) is 32.1 Å². The fraction of sp³-hybridized carbons (Fsp3) is 0.611. The van der Waals surface area contributed by atoms with Gasteiger partial charge in [-0.15, -0.1) is 0 Å². The lowest BCUT2D eigenvalue weighted by atomic mass is 10.2. The van der Waals surface area contributed by atoms with E-state index in [1.165, 1.54) is 0 Å². The number of amides is 2. The average molecular weight is 384 g/mol. The van der Waals surface area contributed by atoms with Gasteiger partial charge in [0.1, 0.15) is 5.75 Å². The van der Waals surface area contributed by atoms with Crippen LogP contribution in [0.5, 0.6) is 5.75 Å². The molecule has 0 saturated carbocycles. The SMILES string of the molecule is COc1ccc(Cl)cc1NC(=O)N1CCCOC(CN2CCOCC2)C1. The van der Waals surface area contributed by atoms with Gasteiger partial charge >= 0.3 is 6.03 Å². The number of carbonyl (C=O) groups is 1. The molecule has 1 atom stereocenters. The summed E-state index contributed by atoms with van der Waals surface area (Å²) in [6.45, 7) is 6.03. The predicted octanol–water partition coefficient (Wildman–Crippen LogP) is 2.30. The first-order valence-electron chi connectivity index (χ1n) is 8.97. The molecule has 3 rings (SSSR count). The van der Waals surface area contributed by atoms with Gasteiger partial charge in [-0.25, -0.2) is 4.79 Å². The third-order valence-electron chi connectivity index (χ3n) is 4.61. The number of nitrogens with one attached hydrogen (secondary N) is 1. The highest BCUT2D eigenvalue weighted by Gasteiger charge is 2.25. The van der Waals surface area contributed by atoms with Crippen molar-refractivity contribution in [3.63, 3.8) is 0 Å². The van der Waals surface area contributed by atoms with Crippen molar-refractivity contribution in [1.29, 1.82) is 0 Å². The van der Waals surface area contributed by atoms with Crippen LogP contribution in [0, 0.1) is 0 Å². The molecule has 144 valence electrons. The van der Waals surface area contributed by atoms with Crippen molar-refractivity contribution < 1.29 is 19.0 Å². The van der Waals surface area contributed by atoms with Crippen molar-refractivity contribution >= 4 is 23.3 Å². The van der Waals surface area contributed by atoms with Crippen molar-refractivity contribution in [1.82, 2.24) is 9.80 Å². The minimum Gasteiger partial charge on any atom is -0.495 e. The summed E-state index contributed by atoms with van der Waals surface area (Å²) >= 11 is 6.04. The third-order valence-corrected chi connectivity index (χ3v) is 4.84. The topological polar surface area (TPSA) is 63.3 Å². The molecule has 2 heterocycles. The van der Waals surface area contributed by atoms with Gasteiger partial charge in [0.25, 0.3) is 0 Å². The van der Waals surface area contributed by atoms with Crippen LogP contribution in [-0.2, 0) is 9.47 Å². The number of nitrogens with zero attached hydrogens (tertiary/aromatic N) is 2. The van der Waals surface area contributed by atoms with Gasteiger partial charge in [-0.05, 0) is 24.6 Å². The molecule has 7 nitrogen and oxygen atoms in total. The third kappa shape index (κ3) is 5.23. The zero-order valence-electron chi connectivity index (χ0n) is 15.1. The normalized spacial score (nSPS) is 21.9. The van der Waals surface area contributed by atoms with Crippen molar-refractivity contribution in [3.05, 3.63) is 23.2 Å². The van der Waals surface area contributed by atoms with Gasteiger partial charge in [-0.2, -0.15) is 0 Å². The standard InChI is InChI=1S/C18H26ClN3O4/c1-24-17-4-3-14(19)11-16(17)20-18(23)22-5-2-8-26-15(13-22)12-21-6-9-25-10-7-21/h3-4,11,15H,2,5-10,12-13H2,1H3,(H,20,23). The number of halogens is 1. The van der Waals surface area contributed by atoms with E-state index in [9.17, 15) is 4.79 Å². The van der Waals surface area contributed by atoms with Crippen LogP contribution in [0.3, 0.4) is 0 Å². The maximum Gasteiger partial charge on any atom is 0.322 e. The van der Waals surface area contributed by atoms with E-state index in [0.717, 1.165) is 39.3 Å². The molecule has 0 radical (unpaired) electrons. The lowest BCUT2D eigenvalue weighted by molar-refractivity contribution is -0.00983.